The van der Waals surface area contributed by atoms with Crippen LogP contribution < -0.4 is 20.9 Å². The number of pyridine rings is 2. The minimum Gasteiger partial charge on any atom is -0.351 e. The number of anilines is 3. The summed E-state index contributed by atoms with van der Waals surface area (Å²) in [5, 5.41) is 8.91. The van der Waals surface area contributed by atoms with Gasteiger partial charge in [0.05, 0.1) is 28.6 Å². The molecule has 0 aromatic carbocycles. The third-order valence-corrected chi connectivity index (χ3v) is 6.11. The molecule has 3 N–H and O–H groups in total. The summed E-state index contributed by atoms with van der Waals surface area (Å²) in [6, 6.07) is 3.32. The molecule has 4 heterocycles. The van der Waals surface area contributed by atoms with E-state index < -0.39 is 0 Å². The van der Waals surface area contributed by atoms with E-state index in [-0.39, 0.29) is 36.9 Å². The van der Waals surface area contributed by atoms with Crippen LogP contribution in [0.4, 0.5) is 21.9 Å². The first kappa shape index (κ1) is 21.4. The fourth-order valence-electron chi connectivity index (χ4n) is 3.40. The number of aromatic nitrogens is 2. The number of rotatable bonds is 7. The van der Waals surface area contributed by atoms with E-state index >= 15 is 0 Å². The average molecular weight is 451 g/mol. The molecule has 32 heavy (non-hydrogen) atoms. The number of hydrogen-bond donors (Lipinski definition) is 3. The van der Waals surface area contributed by atoms with Crippen LogP contribution in [0.2, 0.25) is 0 Å². The van der Waals surface area contributed by atoms with Crippen molar-refractivity contribution in [1.82, 2.24) is 20.6 Å². The first-order valence-electron chi connectivity index (χ1n) is 10.1. The van der Waals surface area contributed by atoms with Crippen LogP contribution in [0.1, 0.15) is 35.0 Å². The SMILES string of the molecule is C=CC(=O)NCCNC(=O)c1sc2nccc3c2c1NC(=O)N3c1cncc(C(C)C)c1. The third kappa shape index (κ3) is 3.92. The lowest BCUT2D eigenvalue weighted by atomic mass is 10.0. The molecule has 9 nitrogen and oxygen atoms in total. The van der Waals surface area contributed by atoms with E-state index in [4.69, 9.17) is 0 Å². The quantitative estimate of drug-likeness (QED) is 0.376. The molecule has 0 unspecified atom stereocenters. The second kappa shape index (κ2) is 8.75. The van der Waals surface area contributed by atoms with Crippen molar-refractivity contribution in [3.8, 4) is 0 Å². The molecule has 164 valence electrons. The zero-order valence-electron chi connectivity index (χ0n) is 17.6. The average Bonchev–Trinajstić information content (AvgIpc) is 3.16. The van der Waals surface area contributed by atoms with Crippen molar-refractivity contribution in [2.75, 3.05) is 23.3 Å². The van der Waals surface area contributed by atoms with Crippen molar-refractivity contribution in [3.05, 3.63) is 53.8 Å². The van der Waals surface area contributed by atoms with Gasteiger partial charge in [0.2, 0.25) is 5.91 Å². The molecule has 0 radical (unpaired) electrons. The molecular formula is C22H22N6O3S. The van der Waals surface area contributed by atoms with E-state index in [9.17, 15) is 14.4 Å². The number of amides is 4. The van der Waals surface area contributed by atoms with E-state index in [2.05, 4.69) is 46.3 Å². The Balaban J connectivity index is 1.67. The van der Waals surface area contributed by atoms with Gasteiger partial charge in [-0.2, -0.15) is 0 Å². The number of carbonyl (C=O) groups is 3. The predicted molar refractivity (Wildman–Crippen MR) is 125 cm³/mol. The Bertz CT molecular complexity index is 1240. The number of nitrogens with zero attached hydrogens (tertiary/aromatic N) is 3. The van der Waals surface area contributed by atoms with Gasteiger partial charge in [-0.05, 0) is 29.7 Å². The van der Waals surface area contributed by atoms with Crippen LogP contribution in [0.25, 0.3) is 10.2 Å². The zero-order valence-corrected chi connectivity index (χ0v) is 18.5. The minimum atomic E-state index is -0.376. The summed E-state index contributed by atoms with van der Waals surface area (Å²) < 4.78 is 0. The largest absolute Gasteiger partial charge is 0.351 e. The normalized spacial score (nSPS) is 12.6. The molecule has 0 saturated carbocycles. The number of hydrogen-bond acceptors (Lipinski definition) is 6. The summed E-state index contributed by atoms with van der Waals surface area (Å²) in [5.74, 6) is -0.400. The fraction of sp³-hybridized carbons (Fsp3) is 0.227. The molecule has 4 rings (SSSR count). The molecule has 10 heteroatoms. The Morgan fingerprint density at radius 3 is 2.81 bits per heavy atom. The molecule has 0 fully saturated rings. The molecule has 0 spiro atoms. The lowest BCUT2D eigenvalue weighted by Gasteiger charge is -2.28. The first-order valence-corrected chi connectivity index (χ1v) is 10.9. The fourth-order valence-corrected chi connectivity index (χ4v) is 4.43. The van der Waals surface area contributed by atoms with Crippen LogP contribution in [0, 0.1) is 0 Å². The van der Waals surface area contributed by atoms with Gasteiger partial charge in [-0.25, -0.2) is 9.78 Å². The van der Waals surface area contributed by atoms with Crippen LogP contribution in [0.15, 0.2) is 43.4 Å². The monoisotopic (exact) mass is 450 g/mol. The van der Waals surface area contributed by atoms with Gasteiger partial charge >= 0.3 is 6.03 Å². The zero-order chi connectivity index (χ0) is 22.8. The molecule has 0 atom stereocenters. The molecule has 0 bridgehead atoms. The van der Waals surface area contributed by atoms with Gasteiger partial charge in [0.15, 0.2) is 0 Å². The molecule has 4 amide bonds. The number of nitrogens with one attached hydrogen (secondary N) is 3. The Labute approximate surface area is 188 Å². The molecule has 3 aromatic rings. The lowest BCUT2D eigenvalue weighted by molar-refractivity contribution is -0.116. The maximum absolute atomic E-state index is 13.1. The standard InChI is InChI=1S/C22H22N6O3S/c1-4-16(29)24-7-8-25-20(30)19-18-17-15(5-6-26-21(17)32-19)28(22(31)27-18)14-9-13(12(2)3)10-23-11-14/h4-6,9-12H,1,7-8H2,2-3H3,(H,24,29)(H,25,30)(H,27,31). The van der Waals surface area contributed by atoms with Gasteiger partial charge in [-0.1, -0.05) is 20.4 Å². The number of carbonyl (C=O) groups excluding carboxylic acids is 3. The van der Waals surface area contributed by atoms with Crippen molar-refractivity contribution in [2.24, 2.45) is 0 Å². The van der Waals surface area contributed by atoms with Gasteiger partial charge in [-0.15, -0.1) is 11.3 Å². The molecule has 1 aliphatic rings. The topological polar surface area (TPSA) is 116 Å². The van der Waals surface area contributed by atoms with Crippen LogP contribution in [0.5, 0.6) is 0 Å². The highest BCUT2D eigenvalue weighted by Gasteiger charge is 2.32. The highest BCUT2D eigenvalue weighted by Crippen LogP contribution is 2.45. The van der Waals surface area contributed by atoms with Gasteiger partial charge in [-0.3, -0.25) is 19.5 Å². The second-order valence-corrected chi connectivity index (χ2v) is 8.46. The molecule has 1 aliphatic heterocycles. The van der Waals surface area contributed by atoms with E-state index in [0.29, 0.717) is 32.2 Å². The summed E-state index contributed by atoms with van der Waals surface area (Å²) in [6.07, 6.45) is 6.21. The van der Waals surface area contributed by atoms with Crippen molar-refractivity contribution in [2.45, 2.75) is 19.8 Å². The van der Waals surface area contributed by atoms with Crippen LogP contribution in [0.3, 0.4) is 0 Å². The van der Waals surface area contributed by atoms with Gasteiger partial charge in [0.1, 0.15) is 9.71 Å². The van der Waals surface area contributed by atoms with Crippen LogP contribution in [-0.4, -0.2) is 40.9 Å². The van der Waals surface area contributed by atoms with Crippen molar-refractivity contribution >= 4 is 56.5 Å². The van der Waals surface area contributed by atoms with Crippen molar-refractivity contribution in [3.63, 3.8) is 0 Å². The summed E-state index contributed by atoms with van der Waals surface area (Å²) in [6.45, 7) is 8.00. The number of urea groups is 1. The van der Waals surface area contributed by atoms with Gasteiger partial charge in [0.25, 0.3) is 5.91 Å². The molecular weight excluding hydrogens is 428 g/mol. The van der Waals surface area contributed by atoms with Crippen LogP contribution >= 0.6 is 11.3 Å². The predicted octanol–water partition coefficient (Wildman–Crippen LogP) is 3.53. The Kier molecular flexibility index (Phi) is 5.87. The smallest absolute Gasteiger partial charge is 0.331 e. The highest BCUT2D eigenvalue weighted by molar-refractivity contribution is 7.21. The molecule has 0 aliphatic carbocycles. The van der Waals surface area contributed by atoms with E-state index in [1.54, 1.807) is 29.6 Å². The summed E-state index contributed by atoms with van der Waals surface area (Å²) in [7, 11) is 0. The van der Waals surface area contributed by atoms with Gasteiger partial charge < -0.3 is 16.0 Å². The summed E-state index contributed by atoms with van der Waals surface area (Å²) >= 11 is 1.20. The lowest BCUT2D eigenvalue weighted by Crippen LogP contribution is -2.36. The summed E-state index contributed by atoms with van der Waals surface area (Å²) in [5.41, 5.74) is 2.74. The Morgan fingerprint density at radius 2 is 2.06 bits per heavy atom. The van der Waals surface area contributed by atoms with Crippen LogP contribution in [-0.2, 0) is 4.79 Å². The molecule has 0 saturated heterocycles. The van der Waals surface area contributed by atoms with Crippen molar-refractivity contribution < 1.29 is 14.4 Å². The third-order valence-electron chi connectivity index (χ3n) is 5.02. The van der Waals surface area contributed by atoms with Gasteiger partial charge in [0, 0.05) is 25.5 Å². The van der Waals surface area contributed by atoms with Crippen molar-refractivity contribution in [1.29, 1.82) is 0 Å². The Hall–Kier alpha value is -3.79. The minimum absolute atomic E-state index is 0.236. The number of thiophene rings is 1. The van der Waals surface area contributed by atoms with E-state index in [1.165, 1.54) is 17.4 Å². The Morgan fingerprint density at radius 1 is 1.28 bits per heavy atom. The second-order valence-electron chi connectivity index (χ2n) is 7.46. The molecule has 3 aromatic heterocycles. The summed E-state index contributed by atoms with van der Waals surface area (Å²) in [4.78, 5) is 48.4. The maximum Gasteiger partial charge on any atom is 0.331 e. The van der Waals surface area contributed by atoms with E-state index in [0.717, 1.165) is 5.56 Å². The highest BCUT2D eigenvalue weighted by atomic mass is 32.1. The maximum atomic E-state index is 13.1. The van der Waals surface area contributed by atoms with E-state index in [1.807, 2.05) is 6.07 Å². The first-order chi connectivity index (χ1) is 15.4.